The monoisotopic (exact) mass is 562 g/mol. The van der Waals surface area contributed by atoms with Crippen LogP contribution >= 0.6 is 0 Å². The molecule has 3 aliphatic carbocycles. The van der Waals surface area contributed by atoms with Crippen molar-refractivity contribution in [3.8, 4) is 11.1 Å². The molecule has 0 heterocycles. The number of nitroso groups, excluding NO2 is 1. The Bertz CT molecular complexity index is 1010. The average molecular weight is 563 g/mol. The lowest BCUT2D eigenvalue weighted by molar-refractivity contribution is -0.122. The lowest BCUT2D eigenvalue weighted by Gasteiger charge is -2.39. The molecule has 0 aliphatic heterocycles. The summed E-state index contributed by atoms with van der Waals surface area (Å²) in [6.07, 6.45) is 22.2. The average Bonchev–Trinajstić information content (AvgIpc) is 3.20. The summed E-state index contributed by atoms with van der Waals surface area (Å²) in [6.45, 7) is 8.60. The van der Waals surface area contributed by atoms with Gasteiger partial charge in [-0.3, -0.25) is 4.79 Å². The fraction of sp³-hybridized carbons (Fsp3) is 0.703. The van der Waals surface area contributed by atoms with E-state index in [0.29, 0.717) is 18.3 Å². The summed E-state index contributed by atoms with van der Waals surface area (Å²) in [7, 11) is 0. The highest BCUT2D eigenvalue weighted by atomic mass is 16.3. The maximum Gasteiger partial charge on any atom is 0.220 e. The van der Waals surface area contributed by atoms with Crippen molar-refractivity contribution >= 4 is 5.91 Å². The Morgan fingerprint density at radius 3 is 1.95 bits per heavy atom. The van der Waals surface area contributed by atoms with E-state index in [2.05, 4.69) is 67.7 Å². The molecule has 3 rings (SSSR count). The van der Waals surface area contributed by atoms with Gasteiger partial charge in [-0.2, -0.15) is 4.91 Å². The van der Waals surface area contributed by atoms with Crippen LogP contribution in [0.2, 0.25) is 0 Å². The number of nitrogens with zero attached hydrogens (tertiary/aromatic N) is 1. The number of rotatable bonds is 21. The Labute approximate surface area is 251 Å². The normalized spacial score (nSPS) is 19.3. The SMILES string of the molecule is CCCCCCCCCCCCCCCCCC(=O)NC(c1cccc2ccc(C3CC(C)(N=O)C3)c-2c1)C(C)C. The zero-order valence-electron chi connectivity index (χ0n) is 26.7. The first-order chi connectivity index (χ1) is 19.9. The fourth-order valence-corrected chi connectivity index (χ4v) is 6.70. The van der Waals surface area contributed by atoms with Gasteiger partial charge in [-0.25, -0.2) is 0 Å². The second-order valence-corrected chi connectivity index (χ2v) is 13.5. The van der Waals surface area contributed by atoms with Gasteiger partial charge in [0.25, 0.3) is 0 Å². The lowest BCUT2D eigenvalue weighted by Crippen LogP contribution is -2.37. The molecule has 4 heteroatoms. The Morgan fingerprint density at radius 1 is 0.854 bits per heavy atom. The number of amides is 1. The molecule has 0 aromatic heterocycles. The van der Waals surface area contributed by atoms with Gasteiger partial charge in [-0.1, -0.05) is 146 Å². The standard InChI is InChI=1S/C37H58N2O2/c1-5-6-7-8-9-10-11-12-13-14-15-16-17-18-19-23-35(40)38-36(29(2)3)31-22-20-21-30-24-25-33(34(30)26-31)32-27-37(4,28-32)39-41/h20-22,24-26,29,32,36H,5-19,23,27-28H2,1-4H3,(H,38,40). The van der Waals surface area contributed by atoms with E-state index in [1.807, 2.05) is 6.92 Å². The molecule has 0 radical (unpaired) electrons. The first-order valence-electron chi connectivity index (χ1n) is 17.0. The summed E-state index contributed by atoms with van der Waals surface area (Å²) >= 11 is 0. The van der Waals surface area contributed by atoms with Gasteiger partial charge in [0, 0.05) is 6.42 Å². The van der Waals surface area contributed by atoms with Crippen molar-refractivity contribution < 1.29 is 4.79 Å². The van der Waals surface area contributed by atoms with Gasteiger partial charge in [0.1, 0.15) is 5.54 Å². The third kappa shape index (κ3) is 10.8. The second kappa shape index (κ2) is 17.7. The van der Waals surface area contributed by atoms with Crippen LogP contribution in [0.1, 0.15) is 166 Å². The third-order valence-corrected chi connectivity index (χ3v) is 9.32. The van der Waals surface area contributed by atoms with E-state index in [4.69, 9.17) is 0 Å². The number of hydrogen-bond acceptors (Lipinski definition) is 3. The quantitative estimate of drug-likeness (QED) is 0.121. The maximum atomic E-state index is 12.9. The van der Waals surface area contributed by atoms with Crippen molar-refractivity contribution in [2.45, 2.75) is 161 Å². The molecule has 4 nitrogen and oxygen atoms in total. The van der Waals surface area contributed by atoms with E-state index in [1.165, 1.54) is 100 Å². The zero-order chi connectivity index (χ0) is 29.5. The van der Waals surface area contributed by atoms with Crippen LogP contribution in [-0.2, 0) is 4.79 Å². The van der Waals surface area contributed by atoms with Crippen LogP contribution in [0.4, 0.5) is 0 Å². The fourth-order valence-electron chi connectivity index (χ4n) is 6.70. The van der Waals surface area contributed by atoms with E-state index in [9.17, 15) is 9.70 Å². The molecule has 1 amide bonds. The highest BCUT2D eigenvalue weighted by Gasteiger charge is 2.43. The molecule has 228 valence electrons. The molecule has 41 heavy (non-hydrogen) atoms. The summed E-state index contributed by atoms with van der Waals surface area (Å²) in [5, 5.41) is 6.71. The van der Waals surface area contributed by atoms with Gasteiger partial charge in [-0.05, 0) is 66.3 Å². The van der Waals surface area contributed by atoms with Crippen molar-refractivity contribution in [3.05, 3.63) is 52.4 Å². The van der Waals surface area contributed by atoms with Crippen molar-refractivity contribution in [2.24, 2.45) is 11.1 Å². The molecule has 0 bridgehead atoms. The van der Waals surface area contributed by atoms with Crippen molar-refractivity contribution in [1.29, 1.82) is 0 Å². The first kappa shape index (κ1) is 33.3. The highest BCUT2D eigenvalue weighted by Crippen LogP contribution is 2.50. The van der Waals surface area contributed by atoms with Crippen molar-refractivity contribution in [3.63, 3.8) is 0 Å². The maximum absolute atomic E-state index is 12.9. The molecular formula is C37H58N2O2. The van der Waals surface area contributed by atoms with E-state index in [0.717, 1.165) is 31.2 Å². The molecule has 1 N–H and O–H groups in total. The van der Waals surface area contributed by atoms with Gasteiger partial charge < -0.3 is 5.32 Å². The number of carbonyl (C=O) groups excluding carboxylic acids is 1. The molecule has 0 spiro atoms. The van der Waals surface area contributed by atoms with Gasteiger partial charge in [-0.15, -0.1) is 0 Å². The van der Waals surface area contributed by atoms with Crippen LogP contribution in [0.25, 0.3) is 11.1 Å². The van der Waals surface area contributed by atoms with Crippen LogP contribution in [0.15, 0.2) is 41.6 Å². The van der Waals surface area contributed by atoms with Gasteiger partial charge >= 0.3 is 0 Å². The van der Waals surface area contributed by atoms with E-state index in [1.54, 1.807) is 0 Å². The number of fused-ring (bicyclic) bond motifs is 1. The minimum Gasteiger partial charge on any atom is -0.349 e. The number of hydrogen-bond donors (Lipinski definition) is 1. The van der Waals surface area contributed by atoms with E-state index >= 15 is 0 Å². The van der Waals surface area contributed by atoms with Gasteiger partial charge in [0.05, 0.1) is 6.04 Å². The Balaban J connectivity index is 1.35. The van der Waals surface area contributed by atoms with Crippen molar-refractivity contribution in [1.82, 2.24) is 5.32 Å². The highest BCUT2D eigenvalue weighted by molar-refractivity contribution is 5.77. The zero-order valence-corrected chi connectivity index (χ0v) is 26.7. The molecule has 3 aliphatic rings. The van der Waals surface area contributed by atoms with E-state index < -0.39 is 5.54 Å². The molecule has 0 aromatic carbocycles. The third-order valence-electron chi connectivity index (χ3n) is 9.32. The minimum absolute atomic E-state index is 0.0134. The first-order valence-corrected chi connectivity index (χ1v) is 17.0. The number of unbranched alkanes of at least 4 members (excludes halogenated alkanes) is 14. The van der Waals surface area contributed by atoms with Crippen LogP contribution < -0.4 is 5.32 Å². The smallest absolute Gasteiger partial charge is 0.220 e. The molecule has 0 aromatic rings. The summed E-state index contributed by atoms with van der Waals surface area (Å²) in [6, 6.07) is 13.1. The van der Waals surface area contributed by atoms with Gasteiger partial charge in [0.2, 0.25) is 5.91 Å². The Kier molecular flexibility index (Phi) is 14.3. The Hall–Kier alpha value is -2.23. The minimum atomic E-state index is -0.421. The second-order valence-electron chi connectivity index (χ2n) is 13.5. The Morgan fingerprint density at radius 2 is 1.41 bits per heavy atom. The van der Waals surface area contributed by atoms with E-state index in [-0.39, 0.29) is 11.9 Å². The number of nitrogens with one attached hydrogen (secondary N) is 1. The van der Waals surface area contributed by atoms with Gasteiger partial charge in [0.15, 0.2) is 0 Å². The molecule has 1 saturated carbocycles. The topological polar surface area (TPSA) is 58.5 Å². The summed E-state index contributed by atoms with van der Waals surface area (Å²) in [4.78, 5) is 24.1. The van der Waals surface area contributed by atoms with Crippen LogP contribution in [0.3, 0.4) is 0 Å². The summed E-state index contributed by atoms with van der Waals surface area (Å²) in [5.74, 6) is 0.834. The molecule has 1 atom stereocenters. The predicted molar refractivity (Wildman–Crippen MR) is 175 cm³/mol. The predicted octanol–water partition coefficient (Wildman–Crippen LogP) is 11.3. The number of carbonyl (C=O) groups is 1. The molecule has 1 fully saturated rings. The van der Waals surface area contributed by atoms with Crippen LogP contribution in [0.5, 0.6) is 0 Å². The molecule has 0 saturated heterocycles. The molecule has 1 unspecified atom stereocenters. The molecular weight excluding hydrogens is 504 g/mol. The van der Waals surface area contributed by atoms with Crippen molar-refractivity contribution in [2.75, 3.05) is 0 Å². The summed E-state index contributed by atoms with van der Waals surface area (Å²) < 4.78 is 0. The lowest BCUT2D eigenvalue weighted by atomic mass is 9.67. The van der Waals surface area contributed by atoms with Crippen LogP contribution in [-0.4, -0.2) is 11.4 Å². The summed E-state index contributed by atoms with van der Waals surface area (Å²) in [5.41, 5.74) is 4.50. The van der Waals surface area contributed by atoms with Crippen LogP contribution in [0, 0.1) is 10.8 Å². The largest absolute Gasteiger partial charge is 0.349 e.